The van der Waals surface area contributed by atoms with Gasteiger partial charge in [0.05, 0.1) is 35.6 Å². The summed E-state index contributed by atoms with van der Waals surface area (Å²) in [5, 5.41) is 10.4. The van der Waals surface area contributed by atoms with Gasteiger partial charge in [-0.25, -0.2) is 18.7 Å². The third kappa shape index (κ3) is 6.09. The number of hydrogen-bond acceptors (Lipinski definition) is 8. The molecule has 0 saturated carbocycles. The van der Waals surface area contributed by atoms with Gasteiger partial charge in [-0.3, -0.25) is 4.98 Å². The van der Waals surface area contributed by atoms with E-state index >= 15 is 4.39 Å². The van der Waals surface area contributed by atoms with E-state index in [0.29, 0.717) is 22.6 Å². The topological polar surface area (TPSA) is 101 Å². The smallest absolute Gasteiger partial charge is 0.225 e. The fourth-order valence-corrected chi connectivity index (χ4v) is 6.42. The number of pyridine rings is 1. The highest BCUT2D eigenvalue weighted by Crippen LogP contribution is 2.46. The van der Waals surface area contributed by atoms with Gasteiger partial charge >= 0.3 is 0 Å². The average Bonchev–Trinajstić information content (AvgIpc) is 3.44. The first-order valence-corrected chi connectivity index (χ1v) is 15.5. The minimum atomic E-state index is -0.582. The van der Waals surface area contributed by atoms with Crippen LogP contribution in [0.15, 0.2) is 23.0 Å². The Balaban J connectivity index is 0.000000624. The molecule has 1 saturated heterocycles. The van der Waals surface area contributed by atoms with Crippen LogP contribution in [0.5, 0.6) is 0 Å². The van der Waals surface area contributed by atoms with Crippen LogP contribution in [0, 0.1) is 34.3 Å². The van der Waals surface area contributed by atoms with Crippen molar-refractivity contribution in [2.45, 2.75) is 79.4 Å². The number of nitrogens with two attached hydrogens (primary N) is 1. The van der Waals surface area contributed by atoms with Crippen LogP contribution in [0.2, 0.25) is 0 Å². The molecule has 6 rings (SSSR count). The second kappa shape index (κ2) is 12.9. The van der Waals surface area contributed by atoms with Gasteiger partial charge in [0.15, 0.2) is 11.6 Å². The number of thioether (sulfide) groups is 1. The molecule has 1 aromatic carbocycles. The summed E-state index contributed by atoms with van der Waals surface area (Å²) in [5.41, 5.74) is 8.81. The van der Waals surface area contributed by atoms with Crippen LogP contribution in [-0.4, -0.2) is 33.8 Å². The largest absolute Gasteiger partial charge is 0.400 e. The minimum Gasteiger partial charge on any atom is -0.400 e. The summed E-state index contributed by atoms with van der Waals surface area (Å²) in [4.78, 5) is 15.9. The quantitative estimate of drug-likeness (QED) is 0.323. The van der Waals surface area contributed by atoms with Gasteiger partial charge in [-0.05, 0) is 35.3 Å². The maximum absolute atomic E-state index is 16.5. The molecule has 1 fully saturated rings. The van der Waals surface area contributed by atoms with E-state index in [1.807, 2.05) is 13.8 Å². The van der Waals surface area contributed by atoms with E-state index in [9.17, 15) is 9.65 Å². The van der Waals surface area contributed by atoms with Crippen LogP contribution in [-0.2, 0) is 18.0 Å². The maximum atomic E-state index is 16.5. The molecule has 42 heavy (non-hydrogen) atoms. The van der Waals surface area contributed by atoms with Crippen LogP contribution < -0.4 is 10.6 Å². The lowest BCUT2D eigenvalue weighted by Gasteiger charge is -2.38. The molecule has 7 nitrogen and oxygen atoms in total. The van der Waals surface area contributed by atoms with Gasteiger partial charge in [0, 0.05) is 47.2 Å². The summed E-state index contributed by atoms with van der Waals surface area (Å²) in [6.45, 7) is 16.9. The molecule has 0 aliphatic carbocycles. The van der Waals surface area contributed by atoms with Crippen molar-refractivity contribution in [1.82, 2.24) is 15.0 Å². The highest BCUT2D eigenvalue weighted by Gasteiger charge is 2.33. The van der Waals surface area contributed by atoms with Gasteiger partial charge in [0.1, 0.15) is 11.6 Å². The van der Waals surface area contributed by atoms with Crippen LogP contribution in [0.25, 0.3) is 27.7 Å². The monoisotopic (exact) mass is 594 g/mol. The Hall–Kier alpha value is -3.29. The second-order valence-electron chi connectivity index (χ2n) is 12.0. The van der Waals surface area contributed by atoms with Gasteiger partial charge in [-0.1, -0.05) is 48.5 Å². The predicted molar refractivity (Wildman–Crippen MR) is 166 cm³/mol. The van der Waals surface area contributed by atoms with E-state index < -0.39 is 11.6 Å². The van der Waals surface area contributed by atoms with Crippen molar-refractivity contribution in [3.8, 4) is 17.3 Å². The third-order valence-electron chi connectivity index (χ3n) is 7.15. The summed E-state index contributed by atoms with van der Waals surface area (Å²) in [7, 11) is 0. The molecule has 0 spiro atoms. The Morgan fingerprint density at radius 3 is 2.45 bits per heavy atom. The minimum absolute atomic E-state index is 0.112. The van der Waals surface area contributed by atoms with Crippen LogP contribution >= 0.6 is 11.8 Å². The molecule has 0 atom stereocenters. The highest BCUT2D eigenvalue weighted by atomic mass is 32.2. The zero-order valence-electron chi connectivity index (χ0n) is 25.6. The number of ether oxygens (including phenoxy) is 1. The number of anilines is 1. The Bertz CT molecular complexity index is 1560. The van der Waals surface area contributed by atoms with E-state index in [-0.39, 0.29) is 57.2 Å². The zero-order chi connectivity index (χ0) is 30.8. The fraction of sp³-hybridized carbons (Fsp3) is 0.500. The second-order valence-corrected chi connectivity index (χ2v) is 12.9. The van der Waals surface area contributed by atoms with E-state index in [1.54, 1.807) is 6.20 Å². The fourth-order valence-electron chi connectivity index (χ4n) is 5.44. The number of hydrogen-bond donors (Lipinski definition) is 1. The standard InChI is InChI=1S/C26H24F2N6OS.C4H10.C2H6/c1-26(2)4-3-5-34(12-26)25-32-7-14-15-9-35-10-16(15)19(21(28)22(14)33-25)23-20-13(6-29)18(30)11-36-24(20)17(27)8-31-23;1-4(2)3;1-2/h7-8H,3-5,9-12,30H2,1-2H3;4H,1-3H3;1-2H3. The number of nitriles is 1. The number of aromatic nitrogens is 3. The molecule has 0 bridgehead atoms. The van der Waals surface area contributed by atoms with Crippen molar-refractivity contribution in [2.75, 3.05) is 23.7 Å². The molecule has 0 amide bonds. The van der Waals surface area contributed by atoms with Crippen LogP contribution in [0.4, 0.5) is 14.7 Å². The van der Waals surface area contributed by atoms with Crippen molar-refractivity contribution < 1.29 is 13.5 Å². The maximum Gasteiger partial charge on any atom is 0.225 e. The molecule has 0 unspecified atom stereocenters. The van der Waals surface area contributed by atoms with Gasteiger partial charge in [-0.15, -0.1) is 11.8 Å². The first kappa shape index (κ1) is 31.6. The van der Waals surface area contributed by atoms with Gasteiger partial charge in [0.25, 0.3) is 0 Å². The summed E-state index contributed by atoms with van der Waals surface area (Å²) in [5.74, 6) is 0.443. The number of piperidine rings is 1. The lowest BCUT2D eigenvalue weighted by molar-refractivity contribution is 0.135. The van der Waals surface area contributed by atoms with Gasteiger partial charge in [0.2, 0.25) is 5.95 Å². The number of benzene rings is 1. The van der Waals surface area contributed by atoms with E-state index in [2.05, 4.69) is 60.5 Å². The molecular weight excluding hydrogens is 554 g/mol. The Kier molecular flexibility index (Phi) is 9.74. The number of allylic oxidation sites excluding steroid dienone is 1. The molecule has 5 heterocycles. The number of rotatable bonds is 2. The molecule has 10 heteroatoms. The third-order valence-corrected chi connectivity index (χ3v) is 8.29. The van der Waals surface area contributed by atoms with Crippen molar-refractivity contribution >= 4 is 34.2 Å². The van der Waals surface area contributed by atoms with E-state index in [1.165, 1.54) is 11.8 Å². The van der Waals surface area contributed by atoms with Gasteiger partial charge in [-0.2, -0.15) is 5.26 Å². The van der Waals surface area contributed by atoms with Crippen molar-refractivity contribution in [2.24, 2.45) is 17.1 Å². The SMILES string of the molecule is CC.CC(C)C.CC1(C)CCCN(c2ncc3c4c(c(-c5ncc(F)c6c5C(C#N)=C(N)CS6)c(F)c3n2)COC4)C1. The number of nitrogens with zero attached hydrogens (tertiary/aromatic N) is 5. The highest BCUT2D eigenvalue weighted by molar-refractivity contribution is 7.99. The number of halogens is 2. The molecule has 224 valence electrons. The van der Waals surface area contributed by atoms with Crippen molar-refractivity contribution in [3.05, 3.63) is 46.4 Å². The van der Waals surface area contributed by atoms with E-state index in [0.717, 1.165) is 43.6 Å². The van der Waals surface area contributed by atoms with Crippen LogP contribution in [0.3, 0.4) is 0 Å². The van der Waals surface area contributed by atoms with Crippen molar-refractivity contribution in [3.63, 3.8) is 0 Å². The lowest BCUT2D eigenvalue weighted by atomic mass is 9.84. The first-order chi connectivity index (χ1) is 20.0. The number of fused-ring (bicyclic) bond motifs is 4. The molecule has 0 radical (unpaired) electrons. The molecule has 2 N–H and O–H groups in total. The Morgan fingerprint density at radius 1 is 1.10 bits per heavy atom. The predicted octanol–water partition coefficient (Wildman–Crippen LogP) is 7.61. The molecule has 3 aliphatic heterocycles. The van der Waals surface area contributed by atoms with E-state index in [4.69, 9.17) is 10.5 Å². The average molecular weight is 595 g/mol. The first-order valence-electron chi connectivity index (χ1n) is 14.6. The molecule has 2 aromatic heterocycles. The summed E-state index contributed by atoms with van der Waals surface area (Å²) in [6.07, 6.45) is 4.86. The lowest BCUT2D eigenvalue weighted by Crippen LogP contribution is -2.41. The molecule has 3 aromatic rings. The zero-order valence-corrected chi connectivity index (χ0v) is 26.4. The van der Waals surface area contributed by atoms with Gasteiger partial charge < -0.3 is 15.4 Å². The van der Waals surface area contributed by atoms with Crippen molar-refractivity contribution in [1.29, 1.82) is 5.26 Å². The van der Waals surface area contributed by atoms with Crippen LogP contribution in [0.1, 0.15) is 78.0 Å². The normalized spacial score (nSPS) is 17.1. The Labute approximate surface area is 251 Å². The summed E-state index contributed by atoms with van der Waals surface area (Å²) >= 11 is 1.18. The Morgan fingerprint density at radius 2 is 1.79 bits per heavy atom. The summed E-state index contributed by atoms with van der Waals surface area (Å²) < 4.78 is 36.9. The molecular formula is C32H40F2N6OS. The molecule has 3 aliphatic rings. The summed E-state index contributed by atoms with van der Waals surface area (Å²) in [6, 6.07) is 2.08.